The van der Waals surface area contributed by atoms with Crippen molar-refractivity contribution in [1.29, 1.82) is 0 Å². The van der Waals surface area contributed by atoms with Crippen molar-refractivity contribution in [2.75, 3.05) is 7.11 Å². The molecule has 1 heterocycles. The minimum absolute atomic E-state index is 0.218. The first-order valence-electron chi connectivity index (χ1n) is 5.55. The van der Waals surface area contributed by atoms with E-state index in [4.69, 9.17) is 10.6 Å². The summed E-state index contributed by atoms with van der Waals surface area (Å²) in [5.74, 6) is 6.47. The Morgan fingerprint density at radius 3 is 2.68 bits per heavy atom. The van der Waals surface area contributed by atoms with Crippen LogP contribution in [0.4, 0.5) is 0 Å². The lowest BCUT2D eigenvalue weighted by atomic mass is 10.0. The quantitative estimate of drug-likeness (QED) is 0.622. The number of methoxy groups -OCH3 is 1. The van der Waals surface area contributed by atoms with Crippen molar-refractivity contribution in [2.45, 2.75) is 6.04 Å². The van der Waals surface area contributed by atoms with Crippen LogP contribution in [0.5, 0.6) is 5.75 Å². The first kappa shape index (κ1) is 14.5. The van der Waals surface area contributed by atoms with Crippen LogP contribution >= 0.6 is 31.9 Å². The molecule has 1 aromatic heterocycles. The van der Waals surface area contributed by atoms with Crippen LogP contribution in [0.15, 0.2) is 33.3 Å². The van der Waals surface area contributed by atoms with Gasteiger partial charge in [-0.05, 0) is 28.1 Å². The zero-order valence-electron chi connectivity index (χ0n) is 10.5. The standard InChI is InChI=1S/C12H14Br2N4O/c1-18-12(9(14)6-16-18)11(17-15)8-4-3-7(13)5-10(8)19-2/h3-6,11,17H,15H2,1-2H3. The minimum atomic E-state index is -0.218. The maximum absolute atomic E-state index is 5.72. The molecule has 0 saturated carbocycles. The second-order valence-electron chi connectivity index (χ2n) is 3.99. The van der Waals surface area contributed by atoms with E-state index in [1.165, 1.54) is 0 Å². The lowest BCUT2D eigenvalue weighted by Gasteiger charge is -2.20. The molecule has 1 unspecified atom stereocenters. The number of hydrazine groups is 1. The Morgan fingerprint density at radius 2 is 2.16 bits per heavy atom. The number of halogens is 2. The number of ether oxygens (including phenoxy) is 1. The molecule has 0 aliphatic rings. The van der Waals surface area contributed by atoms with E-state index in [0.29, 0.717) is 0 Å². The van der Waals surface area contributed by atoms with E-state index in [9.17, 15) is 0 Å². The summed E-state index contributed by atoms with van der Waals surface area (Å²) in [6, 6.07) is 5.61. The lowest BCUT2D eigenvalue weighted by Crippen LogP contribution is -2.31. The van der Waals surface area contributed by atoms with E-state index in [0.717, 1.165) is 26.0 Å². The number of rotatable bonds is 4. The highest BCUT2D eigenvalue weighted by Crippen LogP contribution is 2.34. The average molecular weight is 390 g/mol. The van der Waals surface area contributed by atoms with Crippen LogP contribution in [0.25, 0.3) is 0 Å². The fourth-order valence-electron chi connectivity index (χ4n) is 1.98. The molecule has 5 nitrogen and oxygen atoms in total. The summed E-state index contributed by atoms with van der Waals surface area (Å²) in [4.78, 5) is 0. The van der Waals surface area contributed by atoms with Crippen LogP contribution in [-0.4, -0.2) is 16.9 Å². The number of aromatic nitrogens is 2. The highest BCUT2D eigenvalue weighted by Gasteiger charge is 2.22. The molecule has 7 heteroatoms. The van der Waals surface area contributed by atoms with Gasteiger partial charge >= 0.3 is 0 Å². The maximum Gasteiger partial charge on any atom is 0.125 e. The van der Waals surface area contributed by atoms with Crippen molar-refractivity contribution >= 4 is 31.9 Å². The fourth-order valence-corrected chi connectivity index (χ4v) is 2.90. The molecule has 0 spiro atoms. The zero-order valence-corrected chi connectivity index (χ0v) is 13.7. The molecule has 1 aromatic carbocycles. The Kier molecular flexibility index (Phi) is 4.62. The number of benzene rings is 1. The molecule has 2 aromatic rings. The van der Waals surface area contributed by atoms with E-state index in [1.807, 2.05) is 25.2 Å². The molecule has 0 bridgehead atoms. The topological polar surface area (TPSA) is 65.1 Å². The SMILES string of the molecule is COc1cc(Br)ccc1C(NN)c1c(Br)cnn1C. The third-order valence-corrected chi connectivity index (χ3v) is 3.99. The van der Waals surface area contributed by atoms with Crippen molar-refractivity contribution in [3.8, 4) is 5.75 Å². The molecule has 102 valence electrons. The van der Waals surface area contributed by atoms with Crippen LogP contribution in [0.2, 0.25) is 0 Å². The summed E-state index contributed by atoms with van der Waals surface area (Å²) in [7, 11) is 3.51. The van der Waals surface area contributed by atoms with Crippen molar-refractivity contribution in [3.63, 3.8) is 0 Å². The van der Waals surface area contributed by atoms with E-state index in [-0.39, 0.29) is 6.04 Å². The van der Waals surface area contributed by atoms with Crippen molar-refractivity contribution < 1.29 is 4.74 Å². The van der Waals surface area contributed by atoms with Crippen LogP contribution in [-0.2, 0) is 7.05 Å². The predicted octanol–water partition coefficient (Wildman–Crippen LogP) is 2.51. The normalized spacial score (nSPS) is 12.5. The predicted molar refractivity (Wildman–Crippen MR) is 80.8 cm³/mol. The minimum Gasteiger partial charge on any atom is -0.496 e. The average Bonchev–Trinajstić information content (AvgIpc) is 2.73. The Labute approximate surface area is 128 Å². The number of nitrogens with two attached hydrogens (primary N) is 1. The van der Waals surface area contributed by atoms with E-state index in [2.05, 4.69) is 42.4 Å². The van der Waals surface area contributed by atoms with Gasteiger partial charge in [-0.2, -0.15) is 5.10 Å². The molecule has 0 amide bonds. The highest BCUT2D eigenvalue weighted by molar-refractivity contribution is 9.10. The highest BCUT2D eigenvalue weighted by atomic mass is 79.9. The van der Waals surface area contributed by atoms with Crippen LogP contribution in [0.3, 0.4) is 0 Å². The molecule has 19 heavy (non-hydrogen) atoms. The second kappa shape index (κ2) is 6.04. The number of hydrogen-bond donors (Lipinski definition) is 2. The first-order chi connectivity index (χ1) is 9.08. The van der Waals surface area contributed by atoms with E-state index >= 15 is 0 Å². The molecular weight excluding hydrogens is 376 g/mol. The van der Waals surface area contributed by atoms with Crippen LogP contribution in [0, 0.1) is 0 Å². The number of nitrogens with zero attached hydrogens (tertiary/aromatic N) is 2. The van der Waals surface area contributed by atoms with Gasteiger partial charge in [-0.25, -0.2) is 5.43 Å². The van der Waals surface area contributed by atoms with Gasteiger partial charge in [0.15, 0.2) is 0 Å². The molecule has 3 N–H and O–H groups in total. The summed E-state index contributed by atoms with van der Waals surface area (Å²) < 4.78 is 9.03. The maximum atomic E-state index is 5.72. The largest absolute Gasteiger partial charge is 0.496 e. The monoisotopic (exact) mass is 388 g/mol. The smallest absolute Gasteiger partial charge is 0.125 e. The van der Waals surface area contributed by atoms with Crippen LogP contribution < -0.4 is 16.0 Å². The van der Waals surface area contributed by atoms with Gasteiger partial charge in [0.1, 0.15) is 5.75 Å². The van der Waals surface area contributed by atoms with Crippen molar-refractivity contribution in [2.24, 2.45) is 12.9 Å². The molecule has 1 atom stereocenters. The molecule has 0 saturated heterocycles. The zero-order chi connectivity index (χ0) is 14.0. The summed E-state index contributed by atoms with van der Waals surface area (Å²) in [6.07, 6.45) is 1.74. The third-order valence-electron chi connectivity index (χ3n) is 2.88. The van der Waals surface area contributed by atoms with Crippen molar-refractivity contribution in [1.82, 2.24) is 15.2 Å². The van der Waals surface area contributed by atoms with Gasteiger partial charge in [-0.1, -0.05) is 22.0 Å². The van der Waals surface area contributed by atoms with Crippen LogP contribution in [0.1, 0.15) is 17.3 Å². The first-order valence-corrected chi connectivity index (χ1v) is 7.14. The number of nitrogens with one attached hydrogen (secondary N) is 1. The summed E-state index contributed by atoms with van der Waals surface area (Å²) in [5.41, 5.74) is 4.69. The lowest BCUT2D eigenvalue weighted by molar-refractivity contribution is 0.402. The molecule has 0 aliphatic heterocycles. The van der Waals surface area contributed by atoms with Gasteiger partial charge in [0.25, 0.3) is 0 Å². The molecule has 0 aliphatic carbocycles. The Bertz CT molecular complexity index is 566. The number of aryl methyl sites for hydroxylation is 1. The second-order valence-corrected chi connectivity index (χ2v) is 5.76. The summed E-state index contributed by atoms with van der Waals surface area (Å²) >= 11 is 6.92. The fraction of sp³-hybridized carbons (Fsp3) is 0.250. The number of hydrogen-bond acceptors (Lipinski definition) is 4. The molecular formula is C12H14Br2N4O. The molecule has 0 fully saturated rings. The Morgan fingerprint density at radius 1 is 1.42 bits per heavy atom. The van der Waals surface area contributed by atoms with Gasteiger partial charge < -0.3 is 4.74 Å². The van der Waals surface area contributed by atoms with Gasteiger partial charge in [-0.15, -0.1) is 0 Å². The Balaban J connectivity index is 2.54. The molecule has 0 radical (unpaired) electrons. The van der Waals surface area contributed by atoms with Crippen molar-refractivity contribution in [3.05, 3.63) is 44.6 Å². The Hall–Kier alpha value is -0.890. The van der Waals surface area contributed by atoms with E-state index in [1.54, 1.807) is 18.0 Å². The van der Waals surface area contributed by atoms with Gasteiger partial charge in [0, 0.05) is 17.1 Å². The third kappa shape index (κ3) is 2.84. The van der Waals surface area contributed by atoms with Gasteiger partial charge in [0.2, 0.25) is 0 Å². The molecule has 2 rings (SSSR count). The van der Waals surface area contributed by atoms with Gasteiger partial charge in [-0.3, -0.25) is 10.5 Å². The summed E-state index contributed by atoms with van der Waals surface area (Å²) in [6.45, 7) is 0. The van der Waals surface area contributed by atoms with E-state index < -0.39 is 0 Å². The van der Waals surface area contributed by atoms with Gasteiger partial charge in [0.05, 0.1) is 29.5 Å². The summed E-state index contributed by atoms with van der Waals surface area (Å²) in [5, 5.41) is 4.21.